The quantitative estimate of drug-likeness (QED) is 0.397. The molecular formula is C15H10ClN3O4. The summed E-state index contributed by atoms with van der Waals surface area (Å²) in [5.74, 6) is 0.175. The Hall–Kier alpha value is -3.11. The molecule has 2 aromatic rings. The standard InChI is InChI=1S/C15H10ClN3O4/c1-9-2-4-12(23-9)6-10(8-17)15(20)18-13-5-3-11(16)7-14(13)19(21)22/h2-7H,1H3,(H,18,20)/b10-6+. The van der Waals surface area contributed by atoms with Crippen LogP contribution in [-0.2, 0) is 4.79 Å². The van der Waals surface area contributed by atoms with Gasteiger partial charge in [0, 0.05) is 17.2 Å². The third kappa shape index (κ3) is 3.96. The average molecular weight is 332 g/mol. The molecule has 0 radical (unpaired) electrons. The van der Waals surface area contributed by atoms with E-state index < -0.39 is 10.8 Å². The van der Waals surface area contributed by atoms with Crippen LogP contribution in [0.2, 0.25) is 5.02 Å². The normalized spacial score (nSPS) is 10.9. The molecule has 0 unspecified atom stereocenters. The number of amides is 1. The highest BCUT2D eigenvalue weighted by Gasteiger charge is 2.18. The van der Waals surface area contributed by atoms with Gasteiger partial charge in [-0.05, 0) is 31.2 Å². The Labute approximate surface area is 135 Å². The lowest BCUT2D eigenvalue weighted by atomic mass is 10.2. The van der Waals surface area contributed by atoms with E-state index >= 15 is 0 Å². The first kappa shape index (κ1) is 16.3. The molecule has 1 heterocycles. The number of hydrogen-bond acceptors (Lipinski definition) is 5. The fraction of sp³-hybridized carbons (Fsp3) is 0.0667. The van der Waals surface area contributed by atoms with E-state index in [-0.39, 0.29) is 22.0 Å². The number of nitro benzene ring substituents is 1. The molecule has 0 fully saturated rings. The maximum Gasteiger partial charge on any atom is 0.294 e. The molecule has 0 saturated carbocycles. The van der Waals surface area contributed by atoms with Crippen LogP contribution in [0, 0.1) is 28.4 Å². The molecule has 0 spiro atoms. The van der Waals surface area contributed by atoms with Gasteiger partial charge in [0.25, 0.3) is 11.6 Å². The zero-order chi connectivity index (χ0) is 17.0. The van der Waals surface area contributed by atoms with Crippen molar-refractivity contribution in [3.63, 3.8) is 0 Å². The average Bonchev–Trinajstić information content (AvgIpc) is 2.91. The van der Waals surface area contributed by atoms with Crippen LogP contribution in [0.4, 0.5) is 11.4 Å². The maximum absolute atomic E-state index is 12.1. The Bertz CT molecular complexity index is 849. The van der Waals surface area contributed by atoms with Gasteiger partial charge >= 0.3 is 0 Å². The predicted octanol–water partition coefficient (Wildman–Crippen LogP) is 3.70. The molecule has 2 rings (SSSR count). The van der Waals surface area contributed by atoms with Crippen LogP contribution in [0.1, 0.15) is 11.5 Å². The van der Waals surface area contributed by atoms with Crippen LogP contribution in [0.5, 0.6) is 0 Å². The number of aryl methyl sites for hydroxylation is 1. The first-order valence-electron chi connectivity index (χ1n) is 6.34. The highest BCUT2D eigenvalue weighted by Crippen LogP contribution is 2.28. The number of furan rings is 1. The summed E-state index contributed by atoms with van der Waals surface area (Å²) in [4.78, 5) is 22.4. The lowest BCUT2D eigenvalue weighted by molar-refractivity contribution is -0.383. The molecule has 0 aliphatic heterocycles. The summed E-state index contributed by atoms with van der Waals surface area (Å²) in [5, 5.41) is 22.6. The van der Waals surface area contributed by atoms with E-state index in [2.05, 4.69) is 5.32 Å². The first-order valence-corrected chi connectivity index (χ1v) is 6.72. The van der Waals surface area contributed by atoms with Gasteiger partial charge in [-0.25, -0.2) is 0 Å². The van der Waals surface area contributed by atoms with Gasteiger partial charge in [-0.2, -0.15) is 5.26 Å². The number of hydrogen-bond donors (Lipinski definition) is 1. The third-order valence-corrected chi connectivity index (χ3v) is 3.05. The van der Waals surface area contributed by atoms with Crippen LogP contribution in [0.3, 0.4) is 0 Å². The van der Waals surface area contributed by atoms with E-state index in [1.807, 2.05) is 0 Å². The molecular weight excluding hydrogens is 322 g/mol. The highest BCUT2D eigenvalue weighted by atomic mass is 35.5. The number of nitro groups is 1. The maximum atomic E-state index is 12.1. The molecule has 1 aromatic carbocycles. The van der Waals surface area contributed by atoms with Crippen LogP contribution in [0.25, 0.3) is 6.08 Å². The number of benzene rings is 1. The van der Waals surface area contributed by atoms with E-state index in [0.717, 1.165) is 6.07 Å². The third-order valence-electron chi connectivity index (χ3n) is 2.82. The molecule has 8 heteroatoms. The number of nitrogens with one attached hydrogen (secondary N) is 1. The van der Waals surface area contributed by atoms with Crippen molar-refractivity contribution in [1.82, 2.24) is 0 Å². The predicted molar refractivity (Wildman–Crippen MR) is 83.8 cm³/mol. The Morgan fingerprint density at radius 1 is 1.43 bits per heavy atom. The molecule has 23 heavy (non-hydrogen) atoms. The molecule has 1 aromatic heterocycles. The van der Waals surface area contributed by atoms with Crippen molar-refractivity contribution in [3.8, 4) is 6.07 Å². The van der Waals surface area contributed by atoms with Crippen molar-refractivity contribution in [2.75, 3.05) is 5.32 Å². The van der Waals surface area contributed by atoms with Gasteiger partial charge < -0.3 is 9.73 Å². The van der Waals surface area contributed by atoms with Gasteiger partial charge in [-0.3, -0.25) is 14.9 Å². The van der Waals surface area contributed by atoms with Gasteiger partial charge in [0.15, 0.2) is 0 Å². The zero-order valence-electron chi connectivity index (χ0n) is 11.9. The Morgan fingerprint density at radius 3 is 2.74 bits per heavy atom. The van der Waals surface area contributed by atoms with Gasteiger partial charge in [0.1, 0.15) is 28.9 Å². The number of nitriles is 1. The fourth-order valence-electron chi connectivity index (χ4n) is 1.77. The molecule has 0 aliphatic carbocycles. The van der Waals surface area contributed by atoms with Crippen molar-refractivity contribution in [1.29, 1.82) is 5.26 Å². The molecule has 0 saturated heterocycles. The first-order chi connectivity index (χ1) is 10.9. The fourth-order valence-corrected chi connectivity index (χ4v) is 1.94. The summed E-state index contributed by atoms with van der Waals surface area (Å²) in [6.45, 7) is 1.72. The summed E-state index contributed by atoms with van der Waals surface area (Å²) in [7, 11) is 0. The number of rotatable bonds is 4. The van der Waals surface area contributed by atoms with Crippen molar-refractivity contribution in [3.05, 3.63) is 62.6 Å². The van der Waals surface area contributed by atoms with Crippen molar-refractivity contribution >= 4 is 35.0 Å². The van der Waals surface area contributed by atoms with Gasteiger partial charge in [0.05, 0.1) is 4.92 Å². The monoisotopic (exact) mass is 331 g/mol. The minimum atomic E-state index is -0.785. The van der Waals surface area contributed by atoms with Crippen LogP contribution >= 0.6 is 11.6 Å². The molecule has 1 amide bonds. The number of halogens is 1. The van der Waals surface area contributed by atoms with E-state index in [4.69, 9.17) is 21.3 Å². The topological polar surface area (TPSA) is 109 Å². The molecule has 116 valence electrons. The van der Waals surface area contributed by atoms with E-state index in [1.165, 1.54) is 18.2 Å². The second kappa shape index (κ2) is 6.77. The highest BCUT2D eigenvalue weighted by molar-refractivity contribution is 6.31. The molecule has 0 aliphatic rings. The smallest absolute Gasteiger partial charge is 0.294 e. The summed E-state index contributed by atoms with van der Waals surface area (Å²) >= 11 is 5.70. The van der Waals surface area contributed by atoms with Gasteiger partial charge in [-0.15, -0.1) is 0 Å². The Balaban J connectivity index is 2.29. The van der Waals surface area contributed by atoms with Crippen LogP contribution < -0.4 is 5.32 Å². The van der Waals surface area contributed by atoms with Gasteiger partial charge in [-0.1, -0.05) is 11.6 Å². The van der Waals surface area contributed by atoms with Crippen molar-refractivity contribution < 1.29 is 14.1 Å². The summed E-state index contributed by atoms with van der Waals surface area (Å²) < 4.78 is 5.26. The minimum Gasteiger partial charge on any atom is -0.462 e. The second-order valence-corrected chi connectivity index (χ2v) is 4.93. The second-order valence-electron chi connectivity index (χ2n) is 4.49. The number of carbonyl (C=O) groups excluding carboxylic acids is 1. The van der Waals surface area contributed by atoms with Gasteiger partial charge in [0.2, 0.25) is 0 Å². The zero-order valence-corrected chi connectivity index (χ0v) is 12.6. The van der Waals surface area contributed by atoms with Crippen molar-refractivity contribution in [2.24, 2.45) is 0 Å². The van der Waals surface area contributed by atoms with Crippen molar-refractivity contribution in [2.45, 2.75) is 6.92 Å². The van der Waals surface area contributed by atoms with E-state index in [9.17, 15) is 14.9 Å². The number of nitrogens with zero attached hydrogens (tertiary/aromatic N) is 2. The molecule has 7 nitrogen and oxygen atoms in total. The van der Waals surface area contributed by atoms with E-state index in [1.54, 1.807) is 25.1 Å². The molecule has 1 N–H and O–H groups in total. The lowest BCUT2D eigenvalue weighted by Crippen LogP contribution is -2.14. The summed E-state index contributed by atoms with van der Waals surface area (Å²) in [6, 6.07) is 8.83. The Kier molecular flexibility index (Phi) is 4.79. The number of carbonyl (C=O) groups is 1. The lowest BCUT2D eigenvalue weighted by Gasteiger charge is -2.05. The SMILES string of the molecule is Cc1ccc(/C=C(\C#N)C(=O)Nc2ccc(Cl)cc2[N+](=O)[O-])o1. The molecule has 0 bridgehead atoms. The minimum absolute atomic E-state index is 0.0545. The Morgan fingerprint density at radius 2 is 2.17 bits per heavy atom. The van der Waals surface area contributed by atoms with Crippen LogP contribution in [0.15, 0.2) is 40.3 Å². The summed E-state index contributed by atoms with van der Waals surface area (Å²) in [5.41, 5.74) is -0.665. The summed E-state index contributed by atoms with van der Waals surface area (Å²) in [6.07, 6.45) is 1.25. The number of anilines is 1. The largest absolute Gasteiger partial charge is 0.462 e. The van der Waals surface area contributed by atoms with E-state index in [0.29, 0.717) is 11.5 Å². The van der Waals surface area contributed by atoms with Crippen LogP contribution in [-0.4, -0.2) is 10.8 Å². The molecule has 0 atom stereocenters.